The Kier molecular flexibility index (Phi) is 7.22. The number of rotatable bonds is 8. The number of amidine groups is 1. The van der Waals surface area contributed by atoms with E-state index < -0.39 is 0 Å². The number of nitrogens with one attached hydrogen (secondary N) is 2. The topological polar surface area (TPSA) is 83.9 Å². The van der Waals surface area contributed by atoms with Gasteiger partial charge in [0.05, 0.1) is 36.7 Å². The lowest BCUT2D eigenvalue weighted by Gasteiger charge is -2.12. The smallest absolute Gasteiger partial charge is 0.190 e. The first kappa shape index (κ1) is 23.0. The Morgan fingerprint density at radius 1 is 1.06 bits per heavy atom. The molecule has 0 aliphatic rings. The van der Waals surface area contributed by atoms with Gasteiger partial charge in [-0.25, -0.2) is 9.98 Å². The van der Waals surface area contributed by atoms with Crippen LogP contribution in [0.3, 0.4) is 0 Å². The van der Waals surface area contributed by atoms with E-state index in [1.54, 1.807) is 13.3 Å². The van der Waals surface area contributed by atoms with Crippen molar-refractivity contribution in [3.63, 3.8) is 0 Å². The van der Waals surface area contributed by atoms with Gasteiger partial charge in [-0.2, -0.15) is 5.10 Å². The van der Waals surface area contributed by atoms with E-state index in [0.717, 1.165) is 22.3 Å². The molecule has 1 heterocycles. The molecule has 0 amide bonds. The largest absolute Gasteiger partial charge is 0.493 e. The van der Waals surface area contributed by atoms with Crippen molar-refractivity contribution in [1.82, 2.24) is 15.4 Å². The number of imidazole rings is 1. The molecule has 0 spiro atoms. The Labute approximate surface area is 199 Å². The molecular formula is C27H29N5O2. The zero-order valence-corrected chi connectivity index (χ0v) is 19.9. The molecule has 3 aromatic carbocycles. The van der Waals surface area contributed by atoms with Crippen LogP contribution in [0.2, 0.25) is 0 Å². The summed E-state index contributed by atoms with van der Waals surface area (Å²) in [6.45, 7) is 6.89. The first-order valence-electron chi connectivity index (χ1n) is 11.2. The molecule has 34 heavy (non-hydrogen) atoms. The number of para-hydroxylation sites is 2. The van der Waals surface area contributed by atoms with Crippen LogP contribution in [0.5, 0.6) is 11.5 Å². The number of aromatic amines is 1. The first-order chi connectivity index (χ1) is 16.5. The fourth-order valence-electron chi connectivity index (χ4n) is 3.25. The van der Waals surface area contributed by atoms with Crippen LogP contribution in [0.4, 0.5) is 5.69 Å². The van der Waals surface area contributed by atoms with E-state index >= 15 is 0 Å². The van der Waals surface area contributed by atoms with E-state index in [1.165, 1.54) is 5.56 Å². The summed E-state index contributed by atoms with van der Waals surface area (Å²) in [5.41, 5.74) is 7.68. The molecule has 174 valence electrons. The van der Waals surface area contributed by atoms with E-state index in [4.69, 9.17) is 14.5 Å². The second kappa shape index (κ2) is 10.7. The minimum absolute atomic E-state index is 0.430. The summed E-state index contributed by atoms with van der Waals surface area (Å²) in [4.78, 5) is 12.7. The Morgan fingerprint density at radius 3 is 2.59 bits per heavy atom. The number of aliphatic imine (C=N–C) groups is 1. The van der Waals surface area contributed by atoms with E-state index in [9.17, 15) is 0 Å². The monoisotopic (exact) mass is 455 g/mol. The van der Waals surface area contributed by atoms with Crippen LogP contribution >= 0.6 is 0 Å². The third kappa shape index (κ3) is 5.81. The Bertz CT molecular complexity index is 1270. The van der Waals surface area contributed by atoms with E-state index in [0.29, 0.717) is 35.7 Å². The highest BCUT2D eigenvalue weighted by Gasteiger charge is 2.10. The molecule has 0 saturated carbocycles. The van der Waals surface area contributed by atoms with Crippen LogP contribution in [0.15, 0.2) is 76.8 Å². The van der Waals surface area contributed by atoms with Crippen molar-refractivity contribution in [1.29, 1.82) is 0 Å². The number of aryl methyl sites for hydroxylation is 1. The van der Waals surface area contributed by atoms with Crippen LogP contribution in [0.1, 0.15) is 30.8 Å². The van der Waals surface area contributed by atoms with Gasteiger partial charge in [-0.1, -0.05) is 43.7 Å². The highest BCUT2D eigenvalue weighted by atomic mass is 16.5. The van der Waals surface area contributed by atoms with Gasteiger partial charge in [-0.15, -0.1) is 0 Å². The maximum atomic E-state index is 5.83. The molecule has 0 aliphatic heterocycles. The van der Waals surface area contributed by atoms with Crippen molar-refractivity contribution in [3.05, 3.63) is 83.7 Å². The van der Waals surface area contributed by atoms with Gasteiger partial charge in [-0.3, -0.25) is 5.43 Å². The standard InChI is InChI=1S/C27H29N5O2/c1-18(2)17-34-24-14-11-20(15-25(24)33-4)16-28-32-27(29-21-12-9-19(3)10-13-21)26-30-22-7-5-6-8-23(22)31-26/h5-16,18H,17H2,1-4H3,(H,29,32)(H,30,31). The van der Waals surface area contributed by atoms with Crippen molar-refractivity contribution in [2.45, 2.75) is 20.8 Å². The highest BCUT2D eigenvalue weighted by Crippen LogP contribution is 2.28. The summed E-state index contributed by atoms with van der Waals surface area (Å²) in [6, 6.07) is 21.5. The molecule has 0 fully saturated rings. The van der Waals surface area contributed by atoms with Gasteiger partial charge in [0.25, 0.3) is 0 Å². The number of hydrogen-bond acceptors (Lipinski definition) is 5. The minimum atomic E-state index is 0.430. The molecule has 7 heteroatoms. The van der Waals surface area contributed by atoms with Crippen molar-refractivity contribution in [2.24, 2.45) is 16.0 Å². The van der Waals surface area contributed by atoms with Crippen molar-refractivity contribution in [2.75, 3.05) is 13.7 Å². The zero-order chi connectivity index (χ0) is 23.9. The molecule has 4 rings (SSSR count). The molecule has 0 atom stereocenters. The Hall–Kier alpha value is -4.13. The first-order valence-corrected chi connectivity index (χ1v) is 11.2. The number of hydrazone groups is 1. The minimum Gasteiger partial charge on any atom is -0.493 e. The third-order valence-corrected chi connectivity index (χ3v) is 5.03. The average Bonchev–Trinajstić information content (AvgIpc) is 3.28. The van der Waals surface area contributed by atoms with E-state index in [-0.39, 0.29) is 0 Å². The van der Waals surface area contributed by atoms with Crippen molar-refractivity contribution < 1.29 is 9.47 Å². The zero-order valence-electron chi connectivity index (χ0n) is 19.9. The fraction of sp³-hybridized carbons (Fsp3) is 0.222. The lowest BCUT2D eigenvalue weighted by atomic mass is 10.2. The predicted octanol–water partition coefficient (Wildman–Crippen LogP) is 5.62. The number of ether oxygens (including phenoxy) is 2. The van der Waals surface area contributed by atoms with Crippen LogP contribution < -0.4 is 14.9 Å². The SMILES string of the molecule is COc1cc(C=NNC(=Nc2ccc(C)cc2)c2nc3ccccc3[nH]2)ccc1OCC(C)C. The Morgan fingerprint density at radius 2 is 1.85 bits per heavy atom. The fourth-order valence-corrected chi connectivity index (χ4v) is 3.25. The number of fused-ring (bicyclic) bond motifs is 1. The maximum absolute atomic E-state index is 5.83. The van der Waals surface area contributed by atoms with Crippen molar-refractivity contribution in [3.8, 4) is 11.5 Å². The number of methoxy groups -OCH3 is 1. The predicted molar refractivity (Wildman–Crippen MR) is 138 cm³/mol. The summed E-state index contributed by atoms with van der Waals surface area (Å²) < 4.78 is 11.3. The number of nitrogens with zero attached hydrogens (tertiary/aromatic N) is 3. The second-order valence-electron chi connectivity index (χ2n) is 8.38. The number of benzene rings is 3. The lowest BCUT2D eigenvalue weighted by molar-refractivity contribution is 0.257. The van der Waals surface area contributed by atoms with Crippen LogP contribution in [-0.4, -0.2) is 35.7 Å². The van der Waals surface area contributed by atoms with E-state index in [2.05, 4.69) is 34.3 Å². The molecule has 0 bridgehead atoms. The number of aromatic nitrogens is 2. The van der Waals surface area contributed by atoms with Gasteiger partial charge < -0.3 is 14.5 Å². The van der Waals surface area contributed by atoms with Gasteiger partial charge in [0.1, 0.15) is 0 Å². The van der Waals surface area contributed by atoms with Crippen LogP contribution in [0, 0.1) is 12.8 Å². The molecule has 0 unspecified atom stereocenters. The van der Waals surface area contributed by atoms with Crippen molar-refractivity contribution >= 4 is 28.8 Å². The molecule has 1 aromatic heterocycles. The van der Waals surface area contributed by atoms with Gasteiger partial charge in [0.15, 0.2) is 23.2 Å². The second-order valence-corrected chi connectivity index (χ2v) is 8.38. The highest BCUT2D eigenvalue weighted by molar-refractivity contribution is 6.00. The normalized spacial score (nSPS) is 12.0. The average molecular weight is 456 g/mol. The van der Waals surface area contributed by atoms with Crippen LogP contribution in [0.25, 0.3) is 11.0 Å². The summed E-state index contributed by atoms with van der Waals surface area (Å²) in [6.07, 6.45) is 1.71. The molecule has 4 aromatic rings. The summed E-state index contributed by atoms with van der Waals surface area (Å²) in [5.74, 6) is 2.93. The Balaban J connectivity index is 1.58. The third-order valence-electron chi connectivity index (χ3n) is 5.03. The molecule has 0 saturated heterocycles. The molecule has 7 nitrogen and oxygen atoms in total. The van der Waals surface area contributed by atoms with E-state index in [1.807, 2.05) is 73.7 Å². The number of hydrogen-bond donors (Lipinski definition) is 2. The summed E-state index contributed by atoms with van der Waals surface area (Å²) in [7, 11) is 1.63. The maximum Gasteiger partial charge on any atom is 0.190 e. The quantitative estimate of drug-likeness (QED) is 0.205. The molecular weight excluding hydrogens is 426 g/mol. The van der Waals surface area contributed by atoms with Gasteiger partial charge in [-0.05, 0) is 60.9 Å². The lowest BCUT2D eigenvalue weighted by Crippen LogP contribution is -2.20. The van der Waals surface area contributed by atoms with Crippen LogP contribution in [-0.2, 0) is 0 Å². The van der Waals surface area contributed by atoms with Gasteiger partial charge >= 0.3 is 0 Å². The molecule has 2 N–H and O–H groups in total. The van der Waals surface area contributed by atoms with Gasteiger partial charge in [0.2, 0.25) is 0 Å². The summed E-state index contributed by atoms with van der Waals surface area (Å²) >= 11 is 0. The molecule has 0 aliphatic carbocycles. The molecule has 0 radical (unpaired) electrons. The summed E-state index contributed by atoms with van der Waals surface area (Å²) in [5, 5.41) is 4.42. The van der Waals surface area contributed by atoms with Gasteiger partial charge in [0, 0.05) is 0 Å². The number of H-pyrrole nitrogens is 1.